The van der Waals surface area contributed by atoms with E-state index in [0.717, 1.165) is 12.8 Å². The van der Waals surface area contributed by atoms with Crippen LogP contribution in [-0.2, 0) is 4.79 Å². The molecule has 1 aliphatic carbocycles. The lowest BCUT2D eigenvalue weighted by molar-refractivity contribution is -0.123. The highest BCUT2D eigenvalue weighted by Crippen LogP contribution is 2.55. The van der Waals surface area contributed by atoms with E-state index in [1.54, 1.807) is 0 Å². The van der Waals surface area contributed by atoms with Crippen LogP contribution in [0.4, 0.5) is 0 Å². The van der Waals surface area contributed by atoms with Gasteiger partial charge in [0.05, 0.1) is 5.38 Å². The summed E-state index contributed by atoms with van der Waals surface area (Å²) in [6, 6.07) is 0. The Kier molecular flexibility index (Phi) is 1.55. The van der Waals surface area contributed by atoms with Crippen LogP contribution in [0.1, 0.15) is 19.3 Å². The maximum Gasteiger partial charge on any atom is 0.141 e. The summed E-state index contributed by atoms with van der Waals surface area (Å²) < 4.78 is 0. The van der Waals surface area contributed by atoms with Crippen LogP contribution in [0.5, 0.6) is 0 Å². The number of alkyl halides is 1. The second kappa shape index (κ2) is 2.42. The molecule has 3 fully saturated rings. The van der Waals surface area contributed by atoms with Crippen LogP contribution < -0.4 is 0 Å². The zero-order valence-electron chi connectivity index (χ0n) is 6.70. The Hall–Kier alpha value is 0.310. The number of Topliss-reactive ketones (excluding diaryl/α,β-unsaturated/α-hetero) is 1. The molecule has 0 aromatic rings. The molecule has 2 unspecified atom stereocenters. The summed E-state index contributed by atoms with van der Waals surface area (Å²) in [7, 11) is 0. The highest BCUT2D eigenvalue weighted by molar-refractivity contribution is 8.00. The van der Waals surface area contributed by atoms with E-state index in [4.69, 9.17) is 11.6 Å². The molecule has 0 aromatic carbocycles. The van der Waals surface area contributed by atoms with E-state index in [1.165, 1.54) is 6.42 Å². The topological polar surface area (TPSA) is 17.1 Å². The Bertz CT molecular complexity index is 243. The molecular formula is C9H11ClOS. The zero-order valence-corrected chi connectivity index (χ0v) is 8.27. The van der Waals surface area contributed by atoms with Gasteiger partial charge in [0.1, 0.15) is 5.78 Å². The van der Waals surface area contributed by atoms with Gasteiger partial charge in [-0.25, -0.2) is 0 Å². The summed E-state index contributed by atoms with van der Waals surface area (Å²) in [6.07, 6.45) is 3.35. The third kappa shape index (κ3) is 0.805. The van der Waals surface area contributed by atoms with Crippen LogP contribution in [0.15, 0.2) is 0 Å². The molecule has 0 spiro atoms. The minimum absolute atomic E-state index is 0.145. The van der Waals surface area contributed by atoms with Gasteiger partial charge in [-0.1, -0.05) is 0 Å². The molecule has 3 rings (SSSR count). The lowest BCUT2D eigenvalue weighted by atomic mass is 9.98. The van der Waals surface area contributed by atoms with E-state index in [1.807, 2.05) is 11.8 Å². The second-order valence-corrected chi connectivity index (χ2v) is 6.07. The highest BCUT2D eigenvalue weighted by Gasteiger charge is 2.54. The molecule has 3 aliphatic rings. The summed E-state index contributed by atoms with van der Waals surface area (Å²) in [4.78, 5) is 11.8. The smallest absolute Gasteiger partial charge is 0.141 e. The highest BCUT2D eigenvalue weighted by atomic mass is 35.5. The van der Waals surface area contributed by atoms with Crippen molar-refractivity contribution in [3.63, 3.8) is 0 Å². The molecule has 3 heteroatoms. The monoisotopic (exact) mass is 202 g/mol. The molecule has 3 bridgehead atoms. The number of fused-ring (bicyclic) bond motifs is 2. The van der Waals surface area contributed by atoms with Gasteiger partial charge in [0, 0.05) is 22.3 Å². The van der Waals surface area contributed by atoms with Crippen molar-refractivity contribution in [2.75, 3.05) is 0 Å². The van der Waals surface area contributed by atoms with Gasteiger partial charge >= 0.3 is 0 Å². The number of carbonyl (C=O) groups excluding carboxylic acids is 1. The molecule has 0 radical (unpaired) electrons. The average Bonchev–Trinajstić information content (AvgIpc) is 2.33. The maximum absolute atomic E-state index is 11.8. The fraction of sp³-hybridized carbons (Fsp3) is 0.889. The Morgan fingerprint density at radius 3 is 2.92 bits per heavy atom. The van der Waals surface area contributed by atoms with E-state index < -0.39 is 0 Å². The maximum atomic E-state index is 11.8. The SMILES string of the molecule is O=C1C2CC[C@H]3SC2C[C@@H]1[C@H]3Cl. The van der Waals surface area contributed by atoms with E-state index >= 15 is 0 Å². The number of ketones is 1. The fourth-order valence-corrected chi connectivity index (χ4v) is 5.25. The Labute approximate surface area is 81.2 Å². The van der Waals surface area contributed by atoms with Crippen LogP contribution in [0.2, 0.25) is 0 Å². The van der Waals surface area contributed by atoms with Crippen molar-refractivity contribution >= 4 is 29.1 Å². The van der Waals surface area contributed by atoms with Crippen LogP contribution in [0.3, 0.4) is 0 Å². The summed E-state index contributed by atoms with van der Waals surface area (Å²) in [6.45, 7) is 0. The van der Waals surface area contributed by atoms with Gasteiger partial charge in [0.25, 0.3) is 0 Å². The Morgan fingerprint density at radius 1 is 1.25 bits per heavy atom. The Morgan fingerprint density at radius 2 is 2.08 bits per heavy atom. The number of thioether (sulfide) groups is 1. The van der Waals surface area contributed by atoms with Crippen LogP contribution in [0.25, 0.3) is 0 Å². The normalized spacial score (nSPS) is 56.4. The zero-order chi connectivity index (χ0) is 8.29. The second-order valence-electron chi connectivity index (χ2n) is 4.09. The lowest BCUT2D eigenvalue weighted by Gasteiger charge is -2.35. The molecule has 12 heavy (non-hydrogen) atoms. The summed E-state index contributed by atoms with van der Waals surface area (Å²) in [5, 5.41) is 1.36. The molecule has 1 nitrogen and oxygen atoms in total. The molecule has 2 aliphatic heterocycles. The molecule has 5 atom stereocenters. The molecule has 0 amide bonds. The largest absolute Gasteiger partial charge is 0.299 e. The first kappa shape index (κ1) is 7.69. The standard InChI is InChI=1S/C9H11ClOS/c10-8-5-3-7-4(9(5)11)1-2-6(8)12-7/h4-8H,1-3H2/t4?,5-,6-,7?,8-/m1/s1. The molecular weight excluding hydrogens is 192 g/mol. The van der Waals surface area contributed by atoms with Gasteiger partial charge in [-0.3, -0.25) is 4.79 Å². The summed E-state index contributed by atoms with van der Waals surface area (Å²) >= 11 is 8.24. The van der Waals surface area contributed by atoms with Gasteiger partial charge in [-0.05, 0) is 19.3 Å². The predicted octanol–water partition coefficient (Wildman–Crippen LogP) is 2.08. The quantitative estimate of drug-likeness (QED) is 0.560. The molecule has 2 heterocycles. The van der Waals surface area contributed by atoms with Gasteiger partial charge in [0.2, 0.25) is 0 Å². The number of carbonyl (C=O) groups is 1. The van der Waals surface area contributed by atoms with Gasteiger partial charge in [-0.15, -0.1) is 11.6 Å². The predicted molar refractivity (Wildman–Crippen MR) is 50.6 cm³/mol. The van der Waals surface area contributed by atoms with E-state index in [2.05, 4.69) is 0 Å². The van der Waals surface area contributed by atoms with E-state index in [0.29, 0.717) is 22.2 Å². The number of rotatable bonds is 0. The average molecular weight is 203 g/mol. The van der Waals surface area contributed by atoms with Gasteiger partial charge in [-0.2, -0.15) is 11.8 Å². The van der Waals surface area contributed by atoms with Gasteiger partial charge in [0.15, 0.2) is 0 Å². The van der Waals surface area contributed by atoms with Crippen molar-refractivity contribution in [1.82, 2.24) is 0 Å². The summed E-state index contributed by atoms with van der Waals surface area (Å²) in [5.41, 5.74) is 0. The molecule has 1 saturated carbocycles. The fourth-order valence-electron chi connectivity index (χ4n) is 2.88. The first-order chi connectivity index (χ1) is 5.77. The summed E-state index contributed by atoms with van der Waals surface area (Å²) in [5.74, 6) is 1.07. The van der Waals surface area contributed by atoms with Gasteiger partial charge < -0.3 is 0 Å². The third-order valence-electron chi connectivity index (χ3n) is 3.52. The van der Waals surface area contributed by atoms with Crippen molar-refractivity contribution in [1.29, 1.82) is 0 Å². The van der Waals surface area contributed by atoms with E-state index in [-0.39, 0.29) is 11.3 Å². The number of halogens is 1. The molecule has 2 saturated heterocycles. The van der Waals surface area contributed by atoms with Crippen molar-refractivity contribution in [2.24, 2.45) is 11.8 Å². The third-order valence-corrected chi connectivity index (χ3v) is 6.02. The molecule has 66 valence electrons. The minimum Gasteiger partial charge on any atom is -0.299 e. The lowest BCUT2D eigenvalue weighted by Crippen LogP contribution is -2.33. The number of hydrogen-bond acceptors (Lipinski definition) is 2. The van der Waals surface area contributed by atoms with Crippen LogP contribution >= 0.6 is 23.4 Å². The first-order valence-corrected chi connectivity index (χ1v) is 5.98. The van der Waals surface area contributed by atoms with Crippen molar-refractivity contribution in [2.45, 2.75) is 35.1 Å². The number of hydrogen-bond donors (Lipinski definition) is 0. The van der Waals surface area contributed by atoms with Crippen molar-refractivity contribution in [3.05, 3.63) is 0 Å². The van der Waals surface area contributed by atoms with Crippen LogP contribution in [0, 0.1) is 11.8 Å². The minimum atomic E-state index is 0.145. The van der Waals surface area contributed by atoms with Crippen molar-refractivity contribution < 1.29 is 4.79 Å². The molecule has 0 aromatic heterocycles. The van der Waals surface area contributed by atoms with Crippen molar-refractivity contribution in [3.8, 4) is 0 Å². The first-order valence-electron chi connectivity index (χ1n) is 4.60. The van der Waals surface area contributed by atoms with E-state index in [9.17, 15) is 4.79 Å². The van der Waals surface area contributed by atoms with Crippen LogP contribution in [-0.4, -0.2) is 21.7 Å². The Balaban J connectivity index is 2.04. The molecule has 0 N–H and O–H groups in total.